The van der Waals surface area contributed by atoms with Crippen molar-refractivity contribution >= 4 is 0 Å². The normalized spacial score (nSPS) is 10.5. The zero-order chi connectivity index (χ0) is 13.7. The molecule has 1 aromatic heterocycles. The molecule has 1 heterocycles. The van der Waals surface area contributed by atoms with Gasteiger partial charge in [0.25, 0.3) is 0 Å². The molecule has 0 bridgehead atoms. The Morgan fingerprint density at radius 1 is 1.37 bits per heavy atom. The molecule has 0 aliphatic heterocycles. The van der Waals surface area contributed by atoms with Crippen LogP contribution in [-0.2, 0) is 13.2 Å². The van der Waals surface area contributed by atoms with E-state index in [1.54, 1.807) is 13.3 Å². The number of imidazole rings is 1. The summed E-state index contributed by atoms with van der Waals surface area (Å²) in [6.07, 6.45) is 3.67. The molecule has 0 saturated carbocycles. The Kier molecular flexibility index (Phi) is 4.41. The average Bonchev–Trinajstić information content (AvgIpc) is 2.84. The minimum Gasteiger partial charge on any atom is -0.493 e. The molecule has 1 N–H and O–H groups in total. The van der Waals surface area contributed by atoms with Crippen LogP contribution in [0.25, 0.3) is 0 Å². The topological polar surface area (TPSA) is 56.5 Å². The highest BCUT2D eigenvalue weighted by Crippen LogP contribution is 2.31. The molecule has 5 heteroatoms. The Morgan fingerprint density at radius 2 is 2.21 bits per heavy atom. The zero-order valence-electron chi connectivity index (χ0n) is 11.2. The summed E-state index contributed by atoms with van der Waals surface area (Å²) in [5.74, 6) is 2.19. The van der Waals surface area contributed by atoms with Crippen LogP contribution in [0.4, 0.5) is 0 Å². The maximum atomic E-state index is 9.32. The van der Waals surface area contributed by atoms with Gasteiger partial charge in [0.1, 0.15) is 12.4 Å². The van der Waals surface area contributed by atoms with Crippen molar-refractivity contribution in [2.75, 3.05) is 13.7 Å². The Balaban J connectivity index is 2.04. The fourth-order valence-electron chi connectivity index (χ4n) is 1.90. The molecule has 0 aliphatic carbocycles. The van der Waals surface area contributed by atoms with Crippen LogP contribution in [0.3, 0.4) is 0 Å². The van der Waals surface area contributed by atoms with E-state index in [0.29, 0.717) is 24.7 Å². The molecule has 0 fully saturated rings. The van der Waals surface area contributed by atoms with Gasteiger partial charge in [0.15, 0.2) is 11.5 Å². The minimum atomic E-state index is -0.0728. The summed E-state index contributed by atoms with van der Waals surface area (Å²) in [4.78, 5) is 4.15. The lowest BCUT2D eigenvalue weighted by Gasteiger charge is -2.14. The van der Waals surface area contributed by atoms with Gasteiger partial charge in [-0.05, 0) is 13.0 Å². The molecule has 2 aromatic rings. The highest BCUT2D eigenvalue weighted by atomic mass is 16.5. The lowest BCUT2D eigenvalue weighted by molar-refractivity contribution is 0.248. The van der Waals surface area contributed by atoms with Crippen LogP contribution in [0, 0.1) is 6.92 Å². The molecule has 0 saturated heterocycles. The zero-order valence-corrected chi connectivity index (χ0v) is 11.2. The number of rotatable bonds is 6. The third kappa shape index (κ3) is 3.06. The van der Waals surface area contributed by atoms with Gasteiger partial charge in [0.05, 0.1) is 20.3 Å². The standard InChI is InChI=1S/C14H18N2O3/c1-11-15-6-7-16(11)8-9-19-14-12(10-17)4-3-5-13(14)18-2/h3-7,17H,8-10H2,1-2H3. The molecule has 5 nitrogen and oxygen atoms in total. The summed E-state index contributed by atoms with van der Waals surface area (Å²) in [5.41, 5.74) is 0.724. The molecule has 0 unspecified atom stereocenters. The smallest absolute Gasteiger partial charge is 0.166 e. The number of nitrogens with zero attached hydrogens (tertiary/aromatic N) is 2. The third-order valence-electron chi connectivity index (χ3n) is 2.95. The predicted molar refractivity (Wildman–Crippen MR) is 71.4 cm³/mol. The molecule has 19 heavy (non-hydrogen) atoms. The number of ether oxygens (including phenoxy) is 2. The van der Waals surface area contributed by atoms with E-state index < -0.39 is 0 Å². The fraction of sp³-hybridized carbons (Fsp3) is 0.357. The van der Waals surface area contributed by atoms with E-state index in [0.717, 1.165) is 11.4 Å². The summed E-state index contributed by atoms with van der Waals surface area (Å²) < 4.78 is 13.0. The van der Waals surface area contributed by atoms with E-state index in [4.69, 9.17) is 9.47 Å². The number of aliphatic hydroxyl groups excluding tert-OH is 1. The van der Waals surface area contributed by atoms with Gasteiger partial charge < -0.3 is 19.1 Å². The van der Waals surface area contributed by atoms with Gasteiger partial charge in [0.2, 0.25) is 0 Å². The van der Waals surface area contributed by atoms with Crippen LogP contribution in [0.5, 0.6) is 11.5 Å². The second kappa shape index (κ2) is 6.24. The Bertz CT molecular complexity index is 515. The van der Waals surface area contributed by atoms with Crippen molar-refractivity contribution in [1.82, 2.24) is 9.55 Å². The van der Waals surface area contributed by atoms with Crippen molar-refractivity contribution < 1.29 is 14.6 Å². The number of benzene rings is 1. The van der Waals surface area contributed by atoms with Gasteiger partial charge in [-0.2, -0.15) is 0 Å². The Labute approximate surface area is 112 Å². The molecule has 0 atom stereocenters. The van der Waals surface area contributed by atoms with Gasteiger partial charge in [0, 0.05) is 18.0 Å². The summed E-state index contributed by atoms with van der Waals surface area (Å²) in [5, 5.41) is 9.32. The monoisotopic (exact) mass is 262 g/mol. The molecule has 0 radical (unpaired) electrons. The van der Waals surface area contributed by atoms with Gasteiger partial charge in [-0.1, -0.05) is 12.1 Å². The summed E-state index contributed by atoms with van der Waals surface area (Å²) in [7, 11) is 1.59. The number of para-hydroxylation sites is 1. The lowest BCUT2D eigenvalue weighted by atomic mass is 10.2. The van der Waals surface area contributed by atoms with Crippen LogP contribution in [0.15, 0.2) is 30.6 Å². The minimum absolute atomic E-state index is 0.0728. The molecule has 0 aliphatic rings. The Hall–Kier alpha value is -2.01. The summed E-state index contributed by atoms with van der Waals surface area (Å²) in [6, 6.07) is 5.47. The van der Waals surface area contributed by atoms with Crippen LogP contribution in [0.1, 0.15) is 11.4 Å². The third-order valence-corrected chi connectivity index (χ3v) is 2.95. The molecular formula is C14H18N2O3. The number of aryl methyl sites for hydroxylation is 1. The molecule has 1 aromatic carbocycles. The number of hydrogen-bond acceptors (Lipinski definition) is 4. The van der Waals surface area contributed by atoms with E-state index in [-0.39, 0.29) is 6.61 Å². The summed E-state index contributed by atoms with van der Waals surface area (Å²) in [6.45, 7) is 3.07. The Morgan fingerprint density at radius 3 is 2.84 bits per heavy atom. The maximum absolute atomic E-state index is 9.32. The first kappa shape index (κ1) is 13.4. The molecule has 102 valence electrons. The van der Waals surface area contributed by atoms with E-state index >= 15 is 0 Å². The number of hydrogen-bond donors (Lipinski definition) is 1. The van der Waals surface area contributed by atoms with Crippen molar-refractivity contribution in [3.63, 3.8) is 0 Å². The molecule has 0 spiro atoms. The van der Waals surface area contributed by atoms with Gasteiger partial charge >= 0.3 is 0 Å². The van der Waals surface area contributed by atoms with Crippen molar-refractivity contribution in [3.8, 4) is 11.5 Å². The van der Waals surface area contributed by atoms with Crippen LogP contribution in [0.2, 0.25) is 0 Å². The van der Waals surface area contributed by atoms with Gasteiger partial charge in [-0.25, -0.2) is 4.98 Å². The quantitative estimate of drug-likeness (QED) is 0.862. The van der Waals surface area contributed by atoms with E-state index in [2.05, 4.69) is 4.98 Å². The number of methoxy groups -OCH3 is 1. The van der Waals surface area contributed by atoms with Gasteiger partial charge in [-0.3, -0.25) is 0 Å². The highest BCUT2D eigenvalue weighted by Gasteiger charge is 2.09. The van der Waals surface area contributed by atoms with E-state index in [1.165, 1.54) is 0 Å². The molecule has 0 amide bonds. The van der Waals surface area contributed by atoms with E-state index in [1.807, 2.05) is 35.9 Å². The highest BCUT2D eigenvalue weighted by molar-refractivity contribution is 5.46. The first-order valence-corrected chi connectivity index (χ1v) is 6.13. The van der Waals surface area contributed by atoms with Crippen LogP contribution in [-0.4, -0.2) is 28.4 Å². The van der Waals surface area contributed by atoms with Crippen LogP contribution < -0.4 is 9.47 Å². The van der Waals surface area contributed by atoms with Crippen LogP contribution >= 0.6 is 0 Å². The number of aromatic nitrogens is 2. The molecular weight excluding hydrogens is 244 g/mol. The van der Waals surface area contributed by atoms with Crippen molar-refractivity contribution in [2.24, 2.45) is 0 Å². The molecule has 2 rings (SSSR count). The van der Waals surface area contributed by atoms with Crippen molar-refractivity contribution in [2.45, 2.75) is 20.1 Å². The SMILES string of the molecule is COc1cccc(CO)c1OCCn1ccnc1C. The van der Waals surface area contributed by atoms with Crippen molar-refractivity contribution in [1.29, 1.82) is 0 Å². The van der Waals surface area contributed by atoms with E-state index in [9.17, 15) is 5.11 Å². The second-order valence-electron chi connectivity index (χ2n) is 4.12. The first-order chi connectivity index (χ1) is 9.26. The van der Waals surface area contributed by atoms with Gasteiger partial charge in [-0.15, -0.1) is 0 Å². The number of aliphatic hydroxyl groups is 1. The predicted octanol–water partition coefficient (Wildman–Crippen LogP) is 1.77. The average molecular weight is 262 g/mol. The first-order valence-electron chi connectivity index (χ1n) is 6.13. The fourth-order valence-corrected chi connectivity index (χ4v) is 1.90. The maximum Gasteiger partial charge on any atom is 0.166 e. The largest absolute Gasteiger partial charge is 0.493 e. The second-order valence-corrected chi connectivity index (χ2v) is 4.12. The summed E-state index contributed by atoms with van der Waals surface area (Å²) >= 11 is 0. The van der Waals surface area contributed by atoms with Crippen molar-refractivity contribution in [3.05, 3.63) is 42.0 Å². The lowest BCUT2D eigenvalue weighted by Crippen LogP contribution is -2.10.